The molecule has 0 fully saturated rings. The lowest BCUT2D eigenvalue weighted by Crippen LogP contribution is -2.32. The minimum Gasteiger partial charge on any atom is -0.350 e. The van der Waals surface area contributed by atoms with E-state index in [0.717, 1.165) is 12.8 Å². The Kier molecular flexibility index (Phi) is 4.53. The fourth-order valence-electron chi connectivity index (χ4n) is 1.54. The molecule has 3 heteroatoms. The molecule has 0 aliphatic heterocycles. The Bertz CT molecular complexity index is 407. The number of benzene rings is 1. The highest BCUT2D eigenvalue weighted by molar-refractivity contribution is 5.94. The molecule has 0 heterocycles. The van der Waals surface area contributed by atoms with Gasteiger partial charge in [0.25, 0.3) is 5.91 Å². The number of hydrogen-bond acceptors (Lipinski definition) is 2. The highest BCUT2D eigenvalue weighted by atomic mass is 16.1. The molecule has 1 aromatic carbocycles. The number of hydrogen-bond donors (Lipinski definition) is 1. The Morgan fingerprint density at radius 3 is 2.94 bits per heavy atom. The van der Waals surface area contributed by atoms with Crippen LogP contribution in [-0.2, 0) is 0 Å². The Balaban J connectivity index is 2.70. The molecule has 0 radical (unpaired) electrons. The van der Waals surface area contributed by atoms with Crippen molar-refractivity contribution >= 4 is 5.91 Å². The van der Waals surface area contributed by atoms with Gasteiger partial charge >= 0.3 is 0 Å². The smallest absolute Gasteiger partial charge is 0.251 e. The van der Waals surface area contributed by atoms with E-state index >= 15 is 0 Å². The van der Waals surface area contributed by atoms with E-state index in [0.29, 0.717) is 11.1 Å². The van der Waals surface area contributed by atoms with Gasteiger partial charge in [-0.25, -0.2) is 0 Å². The maximum atomic E-state index is 11.8. The first-order chi connectivity index (χ1) is 7.67. The number of carbonyl (C=O) groups excluding carboxylic acids is 1. The van der Waals surface area contributed by atoms with E-state index < -0.39 is 0 Å². The lowest BCUT2D eigenvalue weighted by atomic mass is 10.1. The van der Waals surface area contributed by atoms with Crippen molar-refractivity contribution in [1.29, 1.82) is 5.26 Å². The van der Waals surface area contributed by atoms with Crippen LogP contribution in [0.15, 0.2) is 24.3 Å². The zero-order valence-electron chi connectivity index (χ0n) is 9.66. The molecular formula is C13H16N2O. The van der Waals surface area contributed by atoms with Gasteiger partial charge in [0.15, 0.2) is 0 Å². The van der Waals surface area contributed by atoms with Gasteiger partial charge in [0.1, 0.15) is 0 Å². The molecular weight excluding hydrogens is 200 g/mol. The largest absolute Gasteiger partial charge is 0.350 e. The van der Waals surface area contributed by atoms with E-state index in [2.05, 4.69) is 12.2 Å². The predicted molar refractivity (Wildman–Crippen MR) is 63.0 cm³/mol. The number of rotatable bonds is 4. The third-order valence-electron chi connectivity index (χ3n) is 2.35. The van der Waals surface area contributed by atoms with Gasteiger partial charge in [-0.05, 0) is 31.5 Å². The van der Waals surface area contributed by atoms with Crippen molar-refractivity contribution in [3.63, 3.8) is 0 Å². The van der Waals surface area contributed by atoms with Gasteiger partial charge in [0.2, 0.25) is 0 Å². The molecule has 1 atom stereocenters. The summed E-state index contributed by atoms with van der Waals surface area (Å²) in [5, 5.41) is 11.6. The molecule has 0 bridgehead atoms. The summed E-state index contributed by atoms with van der Waals surface area (Å²) in [7, 11) is 0. The van der Waals surface area contributed by atoms with Gasteiger partial charge in [-0.3, -0.25) is 4.79 Å². The second-order valence-corrected chi connectivity index (χ2v) is 3.86. The average Bonchev–Trinajstić information content (AvgIpc) is 2.29. The molecule has 1 rings (SSSR count). The summed E-state index contributed by atoms with van der Waals surface area (Å²) in [6.07, 6.45) is 2.00. The molecule has 16 heavy (non-hydrogen) atoms. The van der Waals surface area contributed by atoms with Crippen molar-refractivity contribution in [3.05, 3.63) is 35.4 Å². The third kappa shape index (κ3) is 3.39. The minimum absolute atomic E-state index is 0.113. The molecule has 0 unspecified atom stereocenters. The zero-order chi connectivity index (χ0) is 12.0. The summed E-state index contributed by atoms with van der Waals surface area (Å²) in [5.41, 5.74) is 1.05. The van der Waals surface area contributed by atoms with E-state index in [9.17, 15) is 4.79 Å². The summed E-state index contributed by atoms with van der Waals surface area (Å²) in [6.45, 7) is 4.06. The van der Waals surface area contributed by atoms with Gasteiger partial charge in [-0.15, -0.1) is 0 Å². The first-order valence-electron chi connectivity index (χ1n) is 5.48. The first kappa shape index (κ1) is 12.3. The van der Waals surface area contributed by atoms with Gasteiger partial charge in [-0.2, -0.15) is 5.26 Å². The van der Waals surface area contributed by atoms with Crippen LogP contribution in [0.25, 0.3) is 0 Å². The summed E-state index contributed by atoms with van der Waals surface area (Å²) >= 11 is 0. The molecule has 0 saturated heterocycles. The Hall–Kier alpha value is -1.82. The Labute approximate surface area is 96.1 Å². The van der Waals surface area contributed by atoms with Crippen LogP contribution < -0.4 is 5.32 Å². The highest BCUT2D eigenvalue weighted by Gasteiger charge is 2.09. The van der Waals surface area contributed by atoms with Crippen LogP contribution in [0, 0.1) is 11.3 Å². The maximum Gasteiger partial charge on any atom is 0.251 e. The molecule has 0 spiro atoms. The van der Waals surface area contributed by atoms with E-state index in [4.69, 9.17) is 5.26 Å². The summed E-state index contributed by atoms with van der Waals surface area (Å²) in [4.78, 5) is 11.8. The quantitative estimate of drug-likeness (QED) is 0.840. The van der Waals surface area contributed by atoms with Crippen molar-refractivity contribution in [2.75, 3.05) is 0 Å². The summed E-state index contributed by atoms with van der Waals surface area (Å²) in [5.74, 6) is -0.113. The van der Waals surface area contributed by atoms with Gasteiger partial charge in [0.05, 0.1) is 11.6 Å². The van der Waals surface area contributed by atoms with Crippen molar-refractivity contribution in [2.24, 2.45) is 0 Å². The second kappa shape index (κ2) is 5.92. The van der Waals surface area contributed by atoms with Gasteiger partial charge < -0.3 is 5.32 Å². The SMILES string of the molecule is CCC[C@H](C)NC(=O)c1cccc(C#N)c1. The monoisotopic (exact) mass is 216 g/mol. The number of nitriles is 1. The lowest BCUT2D eigenvalue weighted by Gasteiger charge is -2.12. The van der Waals surface area contributed by atoms with Crippen molar-refractivity contribution in [2.45, 2.75) is 32.7 Å². The van der Waals surface area contributed by atoms with Crippen LogP contribution in [0.5, 0.6) is 0 Å². The van der Waals surface area contributed by atoms with Crippen LogP contribution >= 0.6 is 0 Å². The fraction of sp³-hybridized carbons (Fsp3) is 0.385. The molecule has 0 aromatic heterocycles. The number of nitrogens with one attached hydrogen (secondary N) is 1. The summed E-state index contributed by atoms with van der Waals surface area (Å²) < 4.78 is 0. The predicted octanol–water partition coefficient (Wildman–Crippen LogP) is 2.48. The molecule has 3 nitrogen and oxygen atoms in total. The van der Waals surface area contributed by atoms with Gasteiger partial charge in [0, 0.05) is 11.6 Å². The highest BCUT2D eigenvalue weighted by Crippen LogP contribution is 2.05. The standard InChI is InChI=1S/C13H16N2O/c1-3-5-10(2)15-13(16)12-7-4-6-11(8-12)9-14/h4,6-8,10H,3,5H2,1-2H3,(H,15,16)/t10-/m0/s1. The topological polar surface area (TPSA) is 52.9 Å². The van der Waals surface area contributed by atoms with Crippen LogP contribution in [-0.4, -0.2) is 11.9 Å². The van der Waals surface area contributed by atoms with Crippen molar-refractivity contribution < 1.29 is 4.79 Å². The Morgan fingerprint density at radius 1 is 1.56 bits per heavy atom. The normalized spacial score (nSPS) is 11.6. The lowest BCUT2D eigenvalue weighted by molar-refractivity contribution is 0.0938. The molecule has 1 amide bonds. The van der Waals surface area contributed by atoms with E-state index in [1.54, 1.807) is 24.3 Å². The van der Waals surface area contributed by atoms with E-state index in [1.165, 1.54) is 0 Å². The Morgan fingerprint density at radius 2 is 2.31 bits per heavy atom. The molecule has 0 aliphatic rings. The zero-order valence-corrected chi connectivity index (χ0v) is 9.66. The third-order valence-corrected chi connectivity index (χ3v) is 2.35. The van der Waals surface area contributed by atoms with E-state index in [-0.39, 0.29) is 11.9 Å². The van der Waals surface area contributed by atoms with Crippen LogP contribution in [0.4, 0.5) is 0 Å². The van der Waals surface area contributed by atoms with Crippen LogP contribution in [0.3, 0.4) is 0 Å². The minimum atomic E-state index is -0.113. The number of carbonyl (C=O) groups is 1. The molecule has 0 aliphatic carbocycles. The van der Waals surface area contributed by atoms with E-state index in [1.807, 2.05) is 13.0 Å². The average molecular weight is 216 g/mol. The molecule has 1 aromatic rings. The van der Waals surface area contributed by atoms with Crippen LogP contribution in [0.1, 0.15) is 42.6 Å². The molecule has 0 saturated carbocycles. The van der Waals surface area contributed by atoms with Crippen molar-refractivity contribution in [3.8, 4) is 6.07 Å². The summed E-state index contributed by atoms with van der Waals surface area (Å²) in [6, 6.07) is 8.92. The number of nitrogens with zero attached hydrogens (tertiary/aromatic N) is 1. The maximum absolute atomic E-state index is 11.8. The first-order valence-corrected chi connectivity index (χ1v) is 5.48. The van der Waals surface area contributed by atoms with Crippen molar-refractivity contribution in [1.82, 2.24) is 5.32 Å². The number of amides is 1. The second-order valence-electron chi connectivity index (χ2n) is 3.86. The van der Waals surface area contributed by atoms with Gasteiger partial charge in [-0.1, -0.05) is 19.4 Å². The molecule has 84 valence electrons. The molecule has 1 N–H and O–H groups in total. The van der Waals surface area contributed by atoms with Crippen LogP contribution in [0.2, 0.25) is 0 Å². The fourth-order valence-corrected chi connectivity index (χ4v) is 1.54.